The summed E-state index contributed by atoms with van der Waals surface area (Å²) in [7, 11) is 0. The van der Waals surface area contributed by atoms with Gasteiger partial charge in [0.2, 0.25) is 0 Å². The summed E-state index contributed by atoms with van der Waals surface area (Å²) in [5, 5.41) is 0. The van der Waals surface area contributed by atoms with Crippen LogP contribution in [-0.4, -0.2) is 29.5 Å². The molecule has 0 spiro atoms. The standard InChI is InChI=1S/C22H25N3OS/c1-5-25(6-2)11-7-8-18-14-19-22(27-18)20(9-10-24-19)26-21-15(3)12-17(23)13-16(21)4/h9-10,12-14H,5-6,11,23H2,1-4H3. The Kier molecular flexibility index (Phi) is 6.00. The van der Waals surface area contributed by atoms with E-state index >= 15 is 0 Å². The first-order chi connectivity index (χ1) is 13.0. The first kappa shape index (κ1) is 19.2. The van der Waals surface area contributed by atoms with E-state index in [0.29, 0.717) is 0 Å². The van der Waals surface area contributed by atoms with Crippen molar-refractivity contribution in [3.05, 3.63) is 46.5 Å². The van der Waals surface area contributed by atoms with Crippen LogP contribution in [0.2, 0.25) is 0 Å². The van der Waals surface area contributed by atoms with Crippen molar-refractivity contribution in [1.29, 1.82) is 0 Å². The maximum Gasteiger partial charge on any atom is 0.148 e. The lowest BCUT2D eigenvalue weighted by Crippen LogP contribution is -2.22. The molecule has 2 aromatic heterocycles. The largest absolute Gasteiger partial charge is 0.455 e. The zero-order valence-electron chi connectivity index (χ0n) is 16.3. The van der Waals surface area contributed by atoms with E-state index in [0.717, 1.165) is 63.0 Å². The third kappa shape index (κ3) is 4.41. The molecule has 1 aromatic carbocycles. The van der Waals surface area contributed by atoms with E-state index in [1.165, 1.54) is 0 Å². The van der Waals surface area contributed by atoms with Gasteiger partial charge in [0.25, 0.3) is 0 Å². The van der Waals surface area contributed by atoms with Crippen LogP contribution in [0.3, 0.4) is 0 Å². The van der Waals surface area contributed by atoms with Gasteiger partial charge < -0.3 is 10.5 Å². The van der Waals surface area contributed by atoms with Crippen LogP contribution in [-0.2, 0) is 0 Å². The summed E-state index contributed by atoms with van der Waals surface area (Å²) in [6, 6.07) is 7.80. The van der Waals surface area contributed by atoms with E-state index in [4.69, 9.17) is 10.5 Å². The molecule has 3 aromatic rings. The second kappa shape index (κ2) is 8.43. The summed E-state index contributed by atoms with van der Waals surface area (Å²) in [6.45, 7) is 11.1. The molecule has 27 heavy (non-hydrogen) atoms. The second-order valence-corrected chi connectivity index (χ2v) is 7.54. The summed E-state index contributed by atoms with van der Waals surface area (Å²) in [5.41, 5.74) is 9.63. The summed E-state index contributed by atoms with van der Waals surface area (Å²) in [5.74, 6) is 8.18. The molecule has 0 fully saturated rings. The molecule has 5 heteroatoms. The van der Waals surface area contributed by atoms with Crippen molar-refractivity contribution in [2.45, 2.75) is 27.7 Å². The van der Waals surface area contributed by atoms with Gasteiger partial charge in [-0.15, -0.1) is 11.3 Å². The van der Waals surface area contributed by atoms with E-state index in [-0.39, 0.29) is 0 Å². The van der Waals surface area contributed by atoms with Crippen LogP contribution in [0, 0.1) is 25.7 Å². The molecule has 3 rings (SSSR count). The number of thiophene rings is 1. The molecule has 2 heterocycles. The molecule has 0 saturated carbocycles. The molecular formula is C22H25N3OS. The van der Waals surface area contributed by atoms with Gasteiger partial charge in [-0.2, -0.15) is 0 Å². The quantitative estimate of drug-likeness (QED) is 0.502. The molecule has 0 saturated heterocycles. The summed E-state index contributed by atoms with van der Waals surface area (Å²) < 4.78 is 7.27. The van der Waals surface area contributed by atoms with E-state index in [1.54, 1.807) is 17.5 Å². The van der Waals surface area contributed by atoms with E-state index in [2.05, 4.69) is 35.6 Å². The molecule has 4 nitrogen and oxygen atoms in total. The van der Waals surface area contributed by atoms with Crippen molar-refractivity contribution in [2.75, 3.05) is 25.4 Å². The van der Waals surface area contributed by atoms with E-state index in [1.807, 2.05) is 38.1 Å². The van der Waals surface area contributed by atoms with Crippen molar-refractivity contribution < 1.29 is 4.74 Å². The van der Waals surface area contributed by atoms with Crippen LogP contribution in [0.1, 0.15) is 29.9 Å². The third-order valence-electron chi connectivity index (χ3n) is 4.48. The van der Waals surface area contributed by atoms with E-state index in [9.17, 15) is 0 Å². The van der Waals surface area contributed by atoms with Gasteiger partial charge in [-0.25, -0.2) is 0 Å². The highest BCUT2D eigenvalue weighted by Crippen LogP contribution is 2.37. The summed E-state index contributed by atoms with van der Waals surface area (Å²) in [6.07, 6.45) is 1.78. The fourth-order valence-electron chi connectivity index (χ4n) is 3.00. The Morgan fingerprint density at radius 3 is 2.52 bits per heavy atom. The monoisotopic (exact) mass is 379 g/mol. The minimum Gasteiger partial charge on any atom is -0.455 e. The highest BCUT2D eigenvalue weighted by atomic mass is 32.1. The molecule has 0 atom stereocenters. The van der Waals surface area contributed by atoms with Gasteiger partial charge in [-0.1, -0.05) is 25.7 Å². The predicted octanol–water partition coefficient (Wildman–Crippen LogP) is 4.98. The number of aryl methyl sites for hydroxylation is 2. The Morgan fingerprint density at radius 1 is 1.15 bits per heavy atom. The number of nitrogens with zero attached hydrogens (tertiary/aromatic N) is 2. The predicted molar refractivity (Wildman–Crippen MR) is 115 cm³/mol. The summed E-state index contributed by atoms with van der Waals surface area (Å²) in [4.78, 5) is 7.77. The number of fused-ring (bicyclic) bond motifs is 1. The van der Waals surface area contributed by atoms with Gasteiger partial charge in [0.1, 0.15) is 11.5 Å². The lowest BCUT2D eigenvalue weighted by atomic mass is 10.1. The molecule has 0 bridgehead atoms. The number of ether oxygens (including phenoxy) is 1. The average Bonchev–Trinajstić information content (AvgIpc) is 3.05. The number of nitrogen functional groups attached to an aromatic ring is 1. The van der Waals surface area contributed by atoms with Crippen LogP contribution < -0.4 is 10.5 Å². The van der Waals surface area contributed by atoms with Gasteiger partial charge in [0.05, 0.1) is 21.6 Å². The van der Waals surface area contributed by atoms with Crippen LogP contribution in [0.15, 0.2) is 30.5 Å². The lowest BCUT2D eigenvalue weighted by molar-refractivity contribution is 0.342. The van der Waals surface area contributed by atoms with Crippen LogP contribution in [0.4, 0.5) is 5.69 Å². The Morgan fingerprint density at radius 2 is 1.85 bits per heavy atom. The van der Waals surface area contributed by atoms with Crippen LogP contribution in [0.5, 0.6) is 11.5 Å². The van der Waals surface area contributed by atoms with Gasteiger partial charge in [0.15, 0.2) is 0 Å². The fraction of sp³-hybridized carbons (Fsp3) is 0.318. The Labute approximate surface area is 165 Å². The van der Waals surface area contributed by atoms with Crippen molar-refractivity contribution in [3.8, 4) is 23.3 Å². The Bertz CT molecular complexity index is 986. The van der Waals surface area contributed by atoms with Crippen molar-refractivity contribution in [1.82, 2.24) is 9.88 Å². The first-order valence-electron chi connectivity index (χ1n) is 9.16. The topological polar surface area (TPSA) is 51.4 Å². The average molecular weight is 380 g/mol. The smallest absolute Gasteiger partial charge is 0.148 e. The number of anilines is 1. The molecule has 140 valence electrons. The van der Waals surface area contributed by atoms with E-state index < -0.39 is 0 Å². The molecule has 2 N–H and O–H groups in total. The summed E-state index contributed by atoms with van der Waals surface area (Å²) >= 11 is 1.62. The van der Waals surface area contributed by atoms with Gasteiger partial charge >= 0.3 is 0 Å². The highest BCUT2D eigenvalue weighted by Gasteiger charge is 2.12. The first-order valence-corrected chi connectivity index (χ1v) is 9.97. The molecule has 0 aliphatic rings. The fourth-order valence-corrected chi connectivity index (χ4v) is 3.94. The van der Waals surface area contributed by atoms with Crippen LogP contribution in [0.25, 0.3) is 10.2 Å². The van der Waals surface area contributed by atoms with Gasteiger partial charge in [-0.3, -0.25) is 9.88 Å². The maximum absolute atomic E-state index is 6.26. The lowest BCUT2D eigenvalue weighted by Gasteiger charge is -2.13. The number of pyridine rings is 1. The zero-order valence-corrected chi connectivity index (χ0v) is 17.1. The second-order valence-electron chi connectivity index (χ2n) is 6.48. The zero-order chi connectivity index (χ0) is 19.4. The number of aromatic nitrogens is 1. The van der Waals surface area contributed by atoms with Crippen molar-refractivity contribution in [2.24, 2.45) is 0 Å². The number of benzene rings is 1. The van der Waals surface area contributed by atoms with Gasteiger partial charge in [0, 0.05) is 18.0 Å². The number of nitrogens with two attached hydrogens (primary N) is 1. The highest BCUT2D eigenvalue weighted by molar-refractivity contribution is 7.19. The molecule has 0 unspecified atom stereocenters. The molecule has 0 aliphatic carbocycles. The van der Waals surface area contributed by atoms with Crippen molar-refractivity contribution in [3.63, 3.8) is 0 Å². The minimum absolute atomic E-state index is 0.749. The third-order valence-corrected chi connectivity index (χ3v) is 5.53. The normalized spacial score (nSPS) is 10.9. The minimum atomic E-state index is 0.749. The number of hydrogen-bond acceptors (Lipinski definition) is 5. The van der Waals surface area contributed by atoms with Crippen LogP contribution >= 0.6 is 11.3 Å². The number of hydrogen-bond donors (Lipinski definition) is 1. The Balaban J connectivity index is 1.90. The molecule has 0 aliphatic heterocycles. The molecule has 0 radical (unpaired) electrons. The van der Waals surface area contributed by atoms with Gasteiger partial charge in [-0.05, 0) is 56.3 Å². The molecule has 0 amide bonds. The molecular weight excluding hydrogens is 354 g/mol. The van der Waals surface area contributed by atoms with Crippen molar-refractivity contribution >= 4 is 27.2 Å². The Hall–Kier alpha value is -2.55. The SMILES string of the molecule is CCN(CC)CC#Cc1cc2nccc(Oc3c(C)cc(N)cc3C)c2s1. The maximum atomic E-state index is 6.26. The number of rotatable bonds is 5.